The molecule has 7 heteroatoms. The van der Waals surface area contributed by atoms with Gasteiger partial charge in [-0.1, -0.05) is 42.1 Å². The number of hydrogen-bond donors (Lipinski definition) is 0. The van der Waals surface area contributed by atoms with Crippen molar-refractivity contribution >= 4 is 17.7 Å². The molecule has 0 amide bonds. The number of carbonyl (C=O) groups is 1. The van der Waals surface area contributed by atoms with E-state index in [9.17, 15) is 9.90 Å². The maximum Gasteiger partial charge on any atom is 0.196 e. The number of aliphatic carboxylic acids is 1. The molecule has 0 atom stereocenters. The summed E-state index contributed by atoms with van der Waals surface area (Å²) in [5, 5.41) is 19.5. The van der Waals surface area contributed by atoms with Crippen LogP contribution in [-0.2, 0) is 11.4 Å². The molecule has 128 valence electrons. The molecular formula is C18H16N3O3S-. The highest BCUT2D eigenvalue weighted by atomic mass is 32.2. The molecule has 2 aromatic carbocycles. The fourth-order valence-electron chi connectivity index (χ4n) is 2.30. The molecule has 1 heterocycles. The molecule has 0 unspecified atom stereocenters. The molecule has 25 heavy (non-hydrogen) atoms. The van der Waals surface area contributed by atoms with Crippen molar-refractivity contribution in [3.05, 3.63) is 66.0 Å². The summed E-state index contributed by atoms with van der Waals surface area (Å²) in [6.07, 6.45) is 0. The third kappa shape index (κ3) is 4.39. The Hall–Kier alpha value is -2.80. The first-order valence-electron chi connectivity index (χ1n) is 7.65. The van der Waals surface area contributed by atoms with E-state index in [4.69, 9.17) is 4.74 Å². The average Bonchev–Trinajstić information content (AvgIpc) is 3.02. The van der Waals surface area contributed by atoms with Crippen molar-refractivity contribution < 1.29 is 14.6 Å². The minimum atomic E-state index is -1.15. The summed E-state index contributed by atoms with van der Waals surface area (Å²) in [6.45, 7) is 2.21. The Labute approximate surface area is 149 Å². The van der Waals surface area contributed by atoms with Gasteiger partial charge in [0.1, 0.15) is 12.4 Å². The lowest BCUT2D eigenvalue weighted by atomic mass is 10.2. The number of para-hydroxylation sites is 1. The quantitative estimate of drug-likeness (QED) is 0.604. The van der Waals surface area contributed by atoms with Gasteiger partial charge in [-0.15, -0.1) is 10.2 Å². The third-order valence-corrected chi connectivity index (χ3v) is 4.29. The Bertz CT molecular complexity index is 865. The second-order valence-electron chi connectivity index (χ2n) is 5.34. The average molecular weight is 354 g/mol. The first-order chi connectivity index (χ1) is 12.1. The lowest BCUT2D eigenvalue weighted by molar-refractivity contribution is -0.301. The molecule has 1 aromatic heterocycles. The molecule has 0 radical (unpaired) electrons. The highest BCUT2D eigenvalue weighted by molar-refractivity contribution is 7.99. The van der Waals surface area contributed by atoms with Gasteiger partial charge < -0.3 is 14.6 Å². The SMILES string of the molecule is Cc1cccc(OCc2nnc(SCC(=O)[O-])n2-c2ccccc2)c1. The monoisotopic (exact) mass is 354 g/mol. The number of aromatic nitrogens is 3. The topological polar surface area (TPSA) is 80.1 Å². The van der Waals surface area contributed by atoms with Crippen LogP contribution in [0.25, 0.3) is 5.69 Å². The number of rotatable bonds is 7. The second-order valence-corrected chi connectivity index (χ2v) is 6.28. The van der Waals surface area contributed by atoms with Crippen molar-refractivity contribution in [3.63, 3.8) is 0 Å². The molecule has 0 fully saturated rings. The van der Waals surface area contributed by atoms with Gasteiger partial charge in [0.15, 0.2) is 11.0 Å². The maximum absolute atomic E-state index is 10.8. The van der Waals surface area contributed by atoms with Crippen LogP contribution >= 0.6 is 11.8 Å². The Morgan fingerprint density at radius 2 is 1.96 bits per heavy atom. The standard InChI is InChI=1S/C18H17N3O3S/c1-13-6-5-9-15(10-13)24-11-16-19-20-18(25-12-17(22)23)21(16)14-7-3-2-4-8-14/h2-10H,11-12H2,1H3,(H,22,23)/p-1. The van der Waals surface area contributed by atoms with Crippen LogP contribution in [0.15, 0.2) is 59.8 Å². The Balaban J connectivity index is 1.86. The first-order valence-corrected chi connectivity index (χ1v) is 8.64. The molecule has 0 saturated heterocycles. The van der Waals surface area contributed by atoms with Crippen LogP contribution in [0.3, 0.4) is 0 Å². The summed E-state index contributed by atoms with van der Waals surface area (Å²) < 4.78 is 7.61. The van der Waals surface area contributed by atoms with Gasteiger partial charge in [0.05, 0.1) is 5.97 Å². The number of carboxylic acids is 1. The molecule has 0 saturated carbocycles. The van der Waals surface area contributed by atoms with Crippen LogP contribution in [-0.4, -0.2) is 26.5 Å². The van der Waals surface area contributed by atoms with Crippen molar-refractivity contribution in [2.75, 3.05) is 5.75 Å². The Morgan fingerprint density at radius 3 is 2.68 bits per heavy atom. The van der Waals surface area contributed by atoms with Crippen LogP contribution < -0.4 is 9.84 Å². The van der Waals surface area contributed by atoms with Crippen molar-refractivity contribution in [2.45, 2.75) is 18.7 Å². The normalized spacial score (nSPS) is 10.6. The van der Waals surface area contributed by atoms with E-state index in [0.29, 0.717) is 11.0 Å². The number of benzene rings is 2. The zero-order valence-corrected chi connectivity index (χ0v) is 14.4. The number of ether oxygens (including phenoxy) is 1. The summed E-state index contributed by atoms with van der Waals surface area (Å²) in [5.74, 6) is -0.00533. The molecule has 3 rings (SSSR count). The maximum atomic E-state index is 10.8. The lowest BCUT2D eigenvalue weighted by Gasteiger charge is -2.11. The zero-order valence-electron chi connectivity index (χ0n) is 13.6. The van der Waals surface area contributed by atoms with Crippen molar-refractivity contribution in [1.82, 2.24) is 14.8 Å². The van der Waals surface area contributed by atoms with Gasteiger partial charge in [-0.2, -0.15) is 0 Å². The number of nitrogens with zero attached hydrogens (tertiary/aromatic N) is 3. The second kappa shape index (κ2) is 7.85. The molecule has 0 aliphatic rings. The largest absolute Gasteiger partial charge is 0.549 e. The molecule has 0 bridgehead atoms. The number of aryl methyl sites for hydroxylation is 1. The van der Waals surface area contributed by atoms with E-state index >= 15 is 0 Å². The van der Waals surface area contributed by atoms with Crippen molar-refractivity contribution in [2.24, 2.45) is 0 Å². The predicted molar refractivity (Wildman–Crippen MR) is 92.6 cm³/mol. The van der Waals surface area contributed by atoms with Crippen LogP contribution in [0.5, 0.6) is 5.75 Å². The van der Waals surface area contributed by atoms with Gasteiger partial charge in [-0.05, 0) is 36.8 Å². The van der Waals surface area contributed by atoms with Gasteiger partial charge >= 0.3 is 0 Å². The minimum absolute atomic E-state index is 0.191. The molecule has 3 aromatic rings. The fraction of sp³-hybridized carbons (Fsp3) is 0.167. The molecular weight excluding hydrogens is 338 g/mol. The fourth-order valence-corrected chi connectivity index (χ4v) is 2.99. The number of carboxylic acid groups (broad SMARTS) is 1. The van der Waals surface area contributed by atoms with Gasteiger partial charge in [0.2, 0.25) is 0 Å². The van der Waals surface area contributed by atoms with Gasteiger partial charge in [-0.25, -0.2) is 0 Å². The molecule has 6 nitrogen and oxygen atoms in total. The molecule has 0 aliphatic carbocycles. The summed E-state index contributed by atoms with van der Waals surface area (Å²) in [4.78, 5) is 10.8. The van der Waals surface area contributed by atoms with E-state index in [1.54, 1.807) is 4.57 Å². The van der Waals surface area contributed by atoms with E-state index in [2.05, 4.69) is 10.2 Å². The molecule has 0 N–H and O–H groups in total. The minimum Gasteiger partial charge on any atom is -0.549 e. The highest BCUT2D eigenvalue weighted by Crippen LogP contribution is 2.23. The zero-order chi connectivity index (χ0) is 17.6. The predicted octanol–water partition coefficient (Wildman–Crippen LogP) is 2.00. The number of carbonyl (C=O) groups excluding carboxylic acids is 1. The lowest BCUT2D eigenvalue weighted by Crippen LogP contribution is -2.24. The van der Waals surface area contributed by atoms with Crippen LogP contribution in [0, 0.1) is 6.92 Å². The van der Waals surface area contributed by atoms with Gasteiger partial charge in [0, 0.05) is 11.4 Å². The van der Waals surface area contributed by atoms with E-state index in [-0.39, 0.29) is 12.4 Å². The summed E-state index contributed by atoms with van der Waals surface area (Å²) in [7, 11) is 0. The first kappa shape index (κ1) is 17.0. The Kier molecular flexibility index (Phi) is 5.35. The summed E-state index contributed by atoms with van der Waals surface area (Å²) >= 11 is 1.07. The van der Waals surface area contributed by atoms with Crippen LogP contribution in [0.2, 0.25) is 0 Å². The van der Waals surface area contributed by atoms with Crippen LogP contribution in [0.4, 0.5) is 0 Å². The van der Waals surface area contributed by atoms with E-state index in [1.807, 2.05) is 61.5 Å². The van der Waals surface area contributed by atoms with Gasteiger partial charge in [-0.3, -0.25) is 4.57 Å². The van der Waals surface area contributed by atoms with Crippen LogP contribution in [0.1, 0.15) is 11.4 Å². The molecule has 0 aliphatic heterocycles. The van der Waals surface area contributed by atoms with E-state index < -0.39 is 5.97 Å². The smallest absolute Gasteiger partial charge is 0.196 e. The van der Waals surface area contributed by atoms with E-state index in [1.165, 1.54) is 0 Å². The summed E-state index contributed by atoms with van der Waals surface area (Å²) in [5.41, 5.74) is 1.95. The number of hydrogen-bond acceptors (Lipinski definition) is 6. The van der Waals surface area contributed by atoms with Crippen molar-refractivity contribution in [1.29, 1.82) is 0 Å². The summed E-state index contributed by atoms with van der Waals surface area (Å²) in [6, 6.07) is 17.2. The highest BCUT2D eigenvalue weighted by Gasteiger charge is 2.15. The van der Waals surface area contributed by atoms with E-state index in [0.717, 1.165) is 28.8 Å². The van der Waals surface area contributed by atoms with Crippen molar-refractivity contribution in [3.8, 4) is 11.4 Å². The number of thioether (sulfide) groups is 1. The Morgan fingerprint density at radius 1 is 1.16 bits per heavy atom. The molecule has 0 spiro atoms. The third-order valence-electron chi connectivity index (χ3n) is 3.39. The van der Waals surface area contributed by atoms with Gasteiger partial charge in [0.25, 0.3) is 0 Å².